The lowest BCUT2D eigenvalue weighted by Gasteiger charge is -2.05. The van der Waals surface area contributed by atoms with Gasteiger partial charge in [-0.1, -0.05) is 6.92 Å². The number of aromatic amines is 1. The largest absolute Gasteiger partial charge is 0.481 e. The van der Waals surface area contributed by atoms with Crippen molar-refractivity contribution < 1.29 is 14.7 Å². The van der Waals surface area contributed by atoms with Crippen LogP contribution in [0.2, 0.25) is 0 Å². The first-order chi connectivity index (χ1) is 8.08. The molecule has 1 unspecified atom stereocenters. The van der Waals surface area contributed by atoms with Crippen LogP contribution in [-0.4, -0.2) is 26.8 Å². The van der Waals surface area contributed by atoms with Crippen LogP contribution in [0.4, 0.5) is 0 Å². The molecule has 2 aromatic rings. The van der Waals surface area contributed by atoms with Gasteiger partial charge in [0.15, 0.2) is 5.78 Å². The van der Waals surface area contributed by atoms with E-state index < -0.39 is 11.9 Å². The SMILES string of the molecule is CC(CC(=O)c1ccc2nc[nH]c2c1)C(=O)O. The van der Waals surface area contributed by atoms with E-state index in [-0.39, 0.29) is 12.2 Å². The molecule has 1 atom stereocenters. The minimum Gasteiger partial charge on any atom is -0.481 e. The van der Waals surface area contributed by atoms with E-state index in [4.69, 9.17) is 5.11 Å². The van der Waals surface area contributed by atoms with Gasteiger partial charge in [0.1, 0.15) is 0 Å². The number of rotatable bonds is 4. The Morgan fingerprint density at radius 1 is 1.47 bits per heavy atom. The Morgan fingerprint density at radius 3 is 2.94 bits per heavy atom. The van der Waals surface area contributed by atoms with Crippen LogP contribution >= 0.6 is 0 Å². The number of carboxylic acid groups (broad SMARTS) is 1. The van der Waals surface area contributed by atoms with Crippen molar-refractivity contribution in [2.75, 3.05) is 0 Å². The van der Waals surface area contributed by atoms with Gasteiger partial charge in [-0.25, -0.2) is 4.98 Å². The minimum absolute atomic E-state index is 0.00891. The highest BCUT2D eigenvalue weighted by atomic mass is 16.4. The van der Waals surface area contributed by atoms with Crippen LogP contribution in [0.15, 0.2) is 24.5 Å². The first kappa shape index (κ1) is 11.3. The van der Waals surface area contributed by atoms with Crippen molar-refractivity contribution in [3.63, 3.8) is 0 Å². The predicted octanol–water partition coefficient (Wildman–Crippen LogP) is 1.86. The summed E-state index contributed by atoms with van der Waals surface area (Å²) in [7, 11) is 0. The summed E-state index contributed by atoms with van der Waals surface area (Å²) in [6.07, 6.45) is 1.56. The molecule has 0 aliphatic carbocycles. The number of ketones is 1. The van der Waals surface area contributed by atoms with Gasteiger partial charge in [-0.05, 0) is 18.2 Å². The zero-order valence-electron chi connectivity index (χ0n) is 9.30. The Kier molecular flexibility index (Phi) is 2.91. The summed E-state index contributed by atoms with van der Waals surface area (Å²) in [5, 5.41) is 8.75. The molecule has 0 radical (unpaired) electrons. The molecular formula is C12H12N2O3. The van der Waals surface area contributed by atoms with Crippen LogP contribution in [-0.2, 0) is 4.79 Å². The number of fused-ring (bicyclic) bond motifs is 1. The monoisotopic (exact) mass is 232 g/mol. The van der Waals surface area contributed by atoms with E-state index in [2.05, 4.69) is 9.97 Å². The summed E-state index contributed by atoms with van der Waals surface area (Å²) in [5.41, 5.74) is 2.07. The number of hydrogen-bond acceptors (Lipinski definition) is 3. The van der Waals surface area contributed by atoms with Crippen molar-refractivity contribution in [2.24, 2.45) is 5.92 Å². The van der Waals surface area contributed by atoms with Gasteiger partial charge in [-0.3, -0.25) is 9.59 Å². The van der Waals surface area contributed by atoms with Crippen LogP contribution in [0.1, 0.15) is 23.7 Å². The average molecular weight is 232 g/mol. The van der Waals surface area contributed by atoms with Crippen molar-refractivity contribution in [3.05, 3.63) is 30.1 Å². The normalized spacial score (nSPS) is 12.5. The molecule has 0 spiro atoms. The van der Waals surface area contributed by atoms with Crippen LogP contribution in [0.3, 0.4) is 0 Å². The molecule has 2 rings (SSSR count). The van der Waals surface area contributed by atoms with E-state index in [1.807, 2.05) is 0 Å². The molecule has 5 nitrogen and oxygen atoms in total. The Labute approximate surface area is 97.5 Å². The molecule has 0 aliphatic rings. The van der Waals surface area contributed by atoms with E-state index in [0.717, 1.165) is 11.0 Å². The highest BCUT2D eigenvalue weighted by Gasteiger charge is 2.17. The van der Waals surface area contributed by atoms with Crippen molar-refractivity contribution in [3.8, 4) is 0 Å². The number of carbonyl (C=O) groups is 2. The lowest BCUT2D eigenvalue weighted by molar-refractivity contribution is -0.141. The fraction of sp³-hybridized carbons (Fsp3) is 0.250. The predicted molar refractivity (Wildman–Crippen MR) is 61.8 cm³/mol. The van der Waals surface area contributed by atoms with Gasteiger partial charge < -0.3 is 10.1 Å². The van der Waals surface area contributed by atoms with Crippen LogP contribution in [0.5, 0.6) is 0 Å². The standard InChI is InChI=1S/C12H12N2O3/c1-7(12(16)17)4-11(15)8-2-3-9-10(5-8)14-6-13-9/h2-3,5-7H,4H2,1H3,(H,13,14)(H,16,17). The van der Waals surface area contributed by atoms with Gasteiger partial charge in [0.05, 0.1) is 23.3 Å². The summed E-state index contributed by atoms with van der Waals surface area (Å²) < 4.78 is 0. The molecule has 88 valence electrons. The third-order valence-corrected chi connectivity index (χ3v) is 2.66. The highest BCUT2D eigenvalue weighted by molar-refractivity contribution is 6.00. The first-order valence-electron chi connectivity index (χ1n) is 5.27. The van der Waals surface area contributed by atoms with Crippen molar-refractivity contribution in [1.29, 1.82) is 0 Å². The van der Waals surface area contributed by atoms with Gasteiger partial charge in [-0.2, -0.15) is 0 Å². The van der Waals surface area contributed by atoms with Gasteiger partial charge in [0, 0.05) is 12.0 Å². The topological polar surface area (TPSA) is 83.0 Å². The number of aliphatic carboxylic acids is 1. The van der Waals surface area contributed by atoms with Crippen molar-refractivity contribution >= 4 is 22.8 Å². The second-order valence-electron chi connectivity index (χ2n) is 4.00. The molecular weight excluding hydrogens is 220 g/mol. The second-order valence-corrected chi connectivity index (χ2v) is 4.00. The lowest BCUT2D eigenvalue weighted by Crippen LogP contribution is -2.14. The number of nitrogens with zero attached hydrogens (tertiary/aromatic N) is 1. The van der Waals surface area contributed by atoms with E-state index in [1.165, 1.54) is 6.92 Å². The summed E-state index contributed by atoms with van der Waals surface area (Å²) in [5.74, 6) is -1.79. The number of Topliss-reactive ketones (excluding diaryl/α,β-unsaturated/α-hetero) is 1. The third kappa shape index (κ3) is 2.33. The van der Waals surface area contributed by atoms with Crippen molar-refractivity contribution in [1.82, 2.24) is 9.97 Å². The number of aromatic nitrogens is 2. The van der Waals surface area contributed by atoms with Gasteiger partial charge in [0.25, 0.3) is 0 Å². The number of nitrogens with one attached hydrogen (secondary N) is 1. The van der Waals surface area contributed by atoms with E-state index in [9.17, 15) is 9.59 Å². The number of carboxylic acids is 1. The van der Waals surface area contributed by atoms with Gasteiger partial charge in [0.2, 0.25) is 0 Å². The molecule has 0 saturated heterocycles. The smallest absolute Gasteiger partial charge is 0.306 e. The molecule has 0 saturated carbocycles. The van der Waals surface area contributed by atoms with Gasteiger partial charge >= 0.3 is 5.97 Å². The summed E-state index contributed by atoms with van der Waals surface area (Å²) in [6, 6.07) is 5.10. The maximum absolute atomic E-state index is 11.8. The van der Waals surface area contributed by atoms with E-state index in [0.29, 0.717) is 5.56 Å². The zero-order chi connectivity index (χ0) is 12.4. The van der Waals surface area contributed by atoms with Crippen molar-refractivity contribution in [2.45, 2.75) is 13.3 Å². The maximum Gasteiger partial charge on any atom is 0.306 e. The molecule has 5 heteroatoms. The fourth-order valence-corrected chi connectivity index (χ4v) is 1.59. The summed E-state index contributed by atoms with van der Waals surface area (Å²) in [4.78, 5) is 29.5. The Hall–Kier alpha value is -2.17. The molecule has 2 N–H and O–H groups in total. The maximum atomic E-state index is 11.8. The van der Waals surface area contributed by atoms with E-state index in [1.54, 1.807) is 24.5 Å². The third-order valence-electron chi connectivity index (χ3n) is 2.66. The fourth-order valence-electron chi connectivity index (χ4n) is 1.59. The zero-order valence-corrected chi connectivity index (χ0v) is 9.30. The van der Waals surface area contributed by atoms with E-state index >= 15 is 0 Å². The molecule has 1 heterocycles. The molecule has 0 amide bonds. The number of benzene rings is 1. The molecule has 1 aromatic carbocycles. The number of H-pyrrole nitrogens is 1. The molecule has 0 bridgehead atoms. The molecule has 1 aromatic heterocycles. The Morgan fingerprint density at radius 2 is 2.24 bits per heavy atom. The molecule has 0 fully saturated rings. The summed E-state index contributed by atoms with van der Waals surface area (Å²) in [6.45, 7) is 1.52. The van der Waals surface area contributed by atoms with Crippen LogP contribution in [0, 0.1) is 5.92 Å². The molecule has 0 aliphatic heterocycles. The van der Waals surface area contributed by atoms with Crippen LogP contribution < -0.4 is 0 Å². The van der Waals surface area contributed by atoms with Crippen LogP contribution in [0.25, 0.3) is 11.0 Å². The quantitative estimate of drug-likeness (QED) is 0.788. The Bertz CT molecular complexity index is 574. The number of carbonyl (C=O) groups excluding carboxylic acids is 1. The van der Waals surface area contributed by atoms with Gasteiger partial charge in [-0.15, -0.1) is 0 Å². The Balaban J connectivity index is 2.21. The average Bonchev–Trinajstić information content (AvgIpc) is 2.75. The number of hydrogen-bond donors (Lipinski definition) is 2. The number of imidazole rings is 1. The molecule has 17 heavy (non-hydrogen) atoms. The lowest BCUT2D eigenvalue weighted by atomic mass is 10.00. The summed E-state index contributed by atoms with van der Waals surface area (Å²) >= 11 is 0. The minimum atomic E-state index is -0.957. The second kappa shape index (κ2) is 4.37. The highest BCUT2D eigenvalue weighted by Crippen LogP contribution is 2.15. The first-order valence-corrected chi connectivity index (χ1v) is 5.27.